The Labute approximate surface area is 80.5 Å². The molecule has 0 aromatic carbocycles. The van der Waals surface area contributed by atoms with Gasteiger partial charge in [0.25, 0.3) is 0 Å². The second-order valence-corrected chi connectivity index (χ2v) is 4.12. The molecule has 0 aromatic rings. The van der Waals surface area contributed by atoms with E-state index >= 15 is 0 Å². The molecule has 0 spiro atoms. The van der Waals surface area contributed by atoms with Gasteiger partial charge in [-0.2, -0.15) is 0 Å². The van der Waals surface area contributed by atoms with Crippen molar-refractivity contribution in [1.82, 2.24) is 0 Å². The molecule has 0 heterocycles. The normalized spacial score (nSPS) is 22.7. The summed E-state index contributed by atoms with van der Waals surface area (Å²) >= 11 is 0. The van der Waals surface area contributed by atoms with Crippen LogP contribution in [0.1, 0.15) is 34.1 Å². The van der Waals surface area contributed by atoms with Crippen molar-refractivity contribution in [3.63, 3.8) is 0 Å². The van der Waals surface area contributed by atoms with Crippen LogP contribution in [0, 0.1) is 11.8 Å². The van der Waals surface area contributed by atoms with Crippen molar-refractivity contribution in [2.24, 2.45) is 11.8 Å². The van der Waals surface area contributed by atoms with E-state index in [9.17, 15) is 4.79 Å². The largest absolute Gasteiger partial charge is 0.295 e. The summed E-state index contributed by atoms with van der Waals surface area (Å²) in [4.78, 5) is 11.4. The Kier molecular flexibility index (Phi) is 3.07. The van der Waals surface area contributed by atoms with Crippen molar-refractivity contribution in [3.8, 4) is 0 Å². The van der Waals surface area contributed by atoms with E-state index in [0.29, 0.717) is 11.8 Å². The fourth-order valence-corrected chi connectivity index (χ4v) is 1.94. The summed E-state index contributed by atoms with van der Waals surface area (Å²) in [6.45, 7) is 8.08. The monoisotopic (exact) mass is 178 g/mol. The maximum absolute atomic E-state index is 11.4. The van der Waals surface area contributed by atoms with Crippen molar-refractivity contribution < 1.29 is 4.79 Å². The summed E-state index contributed by atoms with van der Waals surface area (Å²) < 4.78 is 0. The van der Waals surface area contributed by atoms with Crippen LogP contribution < -0.4 is 0 Å². The molecule has 1 aliphatic carbocycles. The Bertz CT molecular complexity index is 269. The maximum atomic E-state index is 11.4. The highest BCUT2D eigenvalue weighted by Gasteiger charge is 2.20. The summed E-state index contributed by atoms with van der Waals surface area (Å²) in [5, 5.41) is 0. The molecule has 0 amide bonds. The van der Waals surface area contributed by atoms with Gasteiger partial charge in [0.05, 0.1) is 0 Å². The van der Waals surface area contributed by atoms with E-state index in [2.05, 4.69) is 32.9 Å². The predicted octanol–water partition coefficient (Wildman–Crippen LogP) is 3.12. The third-order valence-corrected chi connectivity index (χ3v) is 2.59. The van der Waals surface area contributed by atoms with Gasteiger partial charge < -0.3 is 0 Å². The van der Waals surface area contributed by atoms with Crippen LogP contribution in [0.15, 0.2) is 23.3 Å². The topological polar surface area (TPSA) is 17.1 Å². The molecule has 1 nitrogen and oxygen atoms in total. The Morgan fingerprint density at radius 1 is 1.54 bits per heavy atom. The molecule has 0 radical (unpaired) electrons. The van der Waals surface area contributed by atoms with E-state index in [-0.39, 0.29) is 5.78 Å². The molecule has 0 N–H and O–H groups in total. The minimum Gasteiger partial charge on any atom is -0.295 e. The second kappa shape index (κ2) is 3.91. The average molecular weight is 178 g/mol. The zero-order chi connectivity index (χ0) is 10.0. The van der Waals surface area contributed by atoms with Crippen molar-refractivity contribution in [3.05, 3.63) is 23.3 Å². The van der Waals surface area contributed by atoms with E-state index in [1.165, 1.54) is 5.57 Å². The molecule has 0 aromatic heterocycles. The van der Waals surface area contributed by atoms with Crippen LogP contribution in [0.3, 0.4) is 0 Å². The zero-order valence-electron chi connectivity index (χ0n) is 8.92. The summed E-state index contributed by atoms with van der Waals surface area (Å²) in [7, 11) is 0. The summed E-state index contributed by atoms with van der Waals surface area (Å²) in [6, 6.07) is 0. The molecule has 72 valence electrons. The summed E-state index contributed by atoms with van der Waals surface area (Å²) in [6.07, 6.45) is 5.29. The molecular formula is C12H18O. The van der Waals surface area contributed by atoms with Crippen LogP contribution in [-0.4, -0.2) is 5.78 Å². The minimum atomic E-state index is 0.237. The van der Waals surface area contributed by atoms with Gasteiger partial charge in [-0.05, 0) is 30.8 Å². The van der Waals surface area contributed by atoms with E-state index < -0.39 is 0 Å². The van der Waals surface area contributed by atoms with Crippen molar-refractivity contribution >= 4 is 5.78 Å². The van der Waals surface area contributed by atoms with E-state index in [4.69, 9.17) is 0 Å². The average Bonchev–Trinajstić information content (AvgIpc) is 2.02. The second-order valence-electron chi connectivity index (χ2n) is 4.12. The Morgan fingerprint density at radius 3 is 2.54 bits per heavy atom. The lowest BCUT2D eigenvalue weighted by Crippen LogP contribution is -2.15. The third kappa shape index (κ3) is 2.09. The fourth-order valence-electron chi connectivity index (χ4n) is 1.94. The van der Waals surface area contributed by atoms with Gasteiger partial charge in [-0.1, -0.05) is 32.9 Å². The van der Waals surface area contributed by atoms with Crippen molar-refractivity contribution in [2.75, 3.05) is 0 Å². The molecular weight excluding hydrogens is 160 g/mol. The van der Waals surface area contributed by atoms with Crippen molar-refractivity contribution in [2.45, 2.75) is 34.1 Å². The molecule has 0 saturated heterocycles. The molecule has 1 aliphatic rings. The number of allylic oxidation sites excluding steroid dienone is 4. The van der Waals surface area contributed by atoms with Crippen LogP contribution in [0.25, 0.3) is 0 Å². The first kappa shape index (κ1) is 10.2. The van der Waals surface area contributed by atoms with Gasteiger partial charge in [-0.25, -0.2) is 0 Å². The zero-order valence-corrected chi connectivity index (χ0v) is 8.92. The Balaban J connectivity index is 3.12. The van der Waals surface area contributed by atoms with Gasteiger partial charge in [0.1, 0.15) is 0 Å². The lowest BCUT2D eigenvalue weighted by molar-refractivity contribution is -0.114. The van der Waals surface area contributed by atoms with Gasteiger partial charge >= 0.3 is 0 Å². The molecule has 0 saturated carbocycles. The number of carbonyl (C=O) groups is 1. The quantitative estimate of drug-likeness (QED) is 0.635. The molecule has 0 aliphatic heterocycles. The van der Waals surface area contributed by atoms with Crippen molar-refractivity contribution in [1.29, 1.82) is 0 Å². The lowest BCUT2D eigenvalue weighted by atomic mass is 9.82. The van der Waals surface area contributed by atoms with Gasteiger partial charge in [-0.15, -0.1) is 0 Å². The van der Waals surface area contributed by atoms with Gasteiger partial charge in [-0.3, -0.25) is 4.79 Å². The minimum absolute atomic E-state index is 0.237. The smallest absolute Gasteiger partial charge is 0.156 e. The third-order valence-electron chi connectivity index (χ3n) is 2.59. The molecule has 0 bridgehead atoms. The molecule has 1 unspecified atom stereocenters. The van der Waals surface area contributed by atoms with E-state index in [1.807, 2.05) is 0 Å². The van der Waals surface area contributed by atoms with Crippen LogP contribution in [-0.2, 0) is 4.79 Å². The maximum Gasteiger partial charge on any atom is 0.156 e. The highest BCUT2D eigenvalue weighted by molar-refractivity contribution is 5.95. The van der Waals surface area contributed by atoms with Gasteiger partial charge in [0, 0.05) is 5.57 Å². The molecule has 13 heavy (non-hydrogen) atoms. The summed E-state index contributed by atoms with van der Waals surface area (Å²) in [5.74, 6) is 1.10. The number of hydrogen-bond acceptors (Lipinski definition) is 1. The SMILES string of the molecule is CC(=O)C1=C(C(C)C)C=CCC1C. The predicted molar refractivity (Wildman–Crippen MR) is 55.5 cm³/mol. The molecule has 0 fully saturated rings. The van der Waals surface area contributed by atoms with Crippen LogP contribution in [0.2, 0.25) is 0 Å². The molecule has 1 rings (SSSR count). The highest BCUT2D eigenvalue weighted by atomic mass is 16.1. The van der Waals surface area contributed by atoms with E-state index in [1.54, 1.807) is 6.92 Å². The summed E-state index contributed by atoms with van der Waals surface area (Å²) in [5.41, 5.74) is 2.27. The number of ketones is 1. The Morgan fingerprint density at radius 2 is 2.15 bits per heavy atom. The van der Waals surface area contributed by atoms with Crippen LogP contribution in [0.5, 0.6) is 0 Å². The lowest BCUT2D eigenvalue weighted by Gasteiger charge is -2.22. The number of rotatable bonds is 2. The Hall–Kier alpha value is -0.850. The van der Waals surface area contributed by atoms with E-state index in [0.717, 1.165) is 12.0 Å². The van der Waals surface area contributed by atoms with Gasteiger partial charge in [0.15, 0.2) is 5.78 Å². The van der Waals surface area contributed by atoms with Crippen LogP contribution >= 0.6 is 0 Å². The van der Waals surface area contributed by atoms with Gasteiger partial charge in [0.2, 0.25) is 0 Å². The number of carbonyl (C=O) groups excluding carboxylic acids is 1. The first-order valence-electron chi connectivity index (χ1n) is 4.95. The molecule has 1 heteroatoms. The fraction of sp³-hybridized carbons (Fsp3) is 0.583. The first-order valence-corrected chi connectivity index (χ1v) is 4.95. The standard InChI is InChI=1S/C12H18O/c1-8(2)11-7-5-6-9(3)12(11)10(4)13/h5,7-9H,6H2,1-4H3. The molecule has 1 atom stereocenters. The number of hydrogen-bond donors (Lipinski definition) is 0. The number of Topliss-reactive ketones (excluding diaryl/α,β-unsaturated/α-hetero) is 1. The first-order chi connectivity index (χ1) is 6.04. The van der Waals surface area contributed by atoms with Crippen LogP contribution in [0.4, 0.5) is 0 Å². The highest BCUT2D eigenvalue weighted by Crippen LogP contribution is 2.29.